The molecule has 1 aromatic heterocycles. The molecule has 0 bridgehead atoms. The number of nitrogens with two attached hydrogens (primary N) is 1. The van der Waals surface area contributed by atoms with Crippen LogP contribution in [0.1, 0.15) is 41.5 Å². The number of rotatable bonds is 5. The van der Waals surface area contributed by atoms with E-state index in [0.717, 1.165) is 13.1 Å². The van der Waals surface area contributed by atoms with Crippen molar-refractivity contribution >= 4 is 17.8 Å². The van der Waals surface area contributed by atoms with Crippen molar-refractivity contribution in [3.8, 4) is 0 Å². The molecular formula is C14H28N6. The summed E-state index contributed by atoms with van der Waals surface area (Å²) in [6.45, 7) is 14.6. The first kappa shape index (κ1) is 16.5. The fraction of sp³-hybridized carbons (Fsp3) is 0.786. The highest BCUT2D eigenvalue weighted by Crippen LogP contribution is 2.26. The van der Waals surface area contributed by atoms with Crippen molar-refractivity contribution in [3.05, 3.63) is 0 Å². The van der Waals surface area contributed by atoms with E-state index in [1.165, 1.54) is 0 Å². The lowest BCUT2D eigenvalue weighted by Crippen LogP contribution is -2.40. The van der Waals surface area contributed by atoms with Crippen LogP contribution < -0.4 is 15.5 Å². The normalized spacial score (nSPS) is 13.2. The predicted octanol–water partition coefficient (Wildman–Crippen LogP) is 2.17. The van der Waals surface area contributed by atoms with Crippen molar-refractivity contribution in [3.63, 3.8) is 0 Å². The van der Waals surface area contributed by atoms with E-state index in [2.05, 4.69) is 66.3 Å². The second kappa shape index (κ2) is 6.24. The minimum absolute atomic E-state index is 0.130. The zero-order valence-corrected chi connectivity index (χ0v) is 13.8. The minimum atomic E-state index is 0.130. The zero-order chi connectivity index (χ0) is 15.5. The molecule has 1 aromatic rings. The van der Waals surface area contributed by atoms with Gasteiger partial charge in [0.05, 0.1) is 0 Å². The van der Waals surface area contributed by atoms with Crippen LogP contribution >= 0.6 is 0 Å². The maximum absolute atomic E-state index is 5.84. The second-order valence-corrected chi connectivity index (χ2v) is 6.12. The Kier molecular flexibility index (Phi) is 5.14. The third-order valence-electron chi connectivity index (χ3n) is 3.83. The number of nitrogens with zero attached hydrogens (tertiary/aromatic N) is 5. The molecule has 0 radical (unpaired) electrons. The van der Waals surface area contributed by atoms with Crippen LogP contribution in [0.5, 0.6) is 0 Å². The average molecular weight is 280 g/mol. The van der Waals surface area contributed by atoms with Gasteiger partial charge in [-0.3, -0.25) is 0 Å². The van der Waals surface area contributed by atoms with Crippen LogP contribution in [0.2, 0.25) is 0 Å². The van der Waals surface area contributed by atoms with Crippen molar-refractivity contribution < 1.29 is 0 Å². The maximum Gasteiger partial charge on any atom is 0.231 e. The second-order valence-electron chi connectivity index (χ2n) is 6.12. The van der Waals surface area contributed by atoms with Crippen LogP contribution in [0.25, 0.3) is 0 Å². The summed E-state index contributed by atoms with van der Waals surface area (Å²) in [5, 5.41) is 0. The molecule has 1 atom stereocenters. The van der Waals surface area contributed by atoms with Crippen LogP contribution in [0.4, 0.5) is 17.8 Å². The number of aromatic nitrogens is 3. The Labute approximate surface area is 122 Å². The Hall–Kier alpha value is -1.59. The molecule has 0 aliphatic heterocycles. The van der Waals surface area contributed by atoms with Crippen molar-refractivity contribution in [1.29, 1.82) is 0 Å². The average Bonchev–Trinajstić information content (AvgIpc) is 2.36. The Balaban J connectivity index is 3.13. The molecule has 0 fully saturated rings. The van der Waals surface area contributed by atoms with E-state index in [-0.39, 0.29) is 17.4 Å². The van der Waals surface area contributed by atoms with Crippen LogP contribution in [0, 0.1) is 5.41 Å². The highest BCUT2D eigenvalue weighted by atomic mass is 15.3. The molecule has 114 valence electrons. The summed E-state index contributed by atoms with van der Waals surface area (Å²) < 4.78 is 0. The van der Waals surface area contributed by atoms with E-state index in [1.54, 1.807) is 0 Å². The monoisotopic (exact) mass is 280 g/mol. The van der Waals surface area contributed by atoms with Gasteiger partial charge in [0.2, 0.25) is 17.8 Å². The highest BCUT2D eigenvalue weighted by molar-refractivity contribution is 5.43. The van der Waals surface area contributed by atoms with Gasteiger partial charge in [-0.2, -0.15) is 15.0 Å². The first-order chi connectivity index (χ1) is 9.20. The van der Waals surface area contributed by atoms with E-state index in [9.17, 15) is 0 Å². The zero-order valence-electron chi connectivity index (χ0n) is 13.8. The Morgan fingerprint density at radius 1 is 1.05 bits per heavy atom. The van der Waals surface area contributed by atoms with E-state index < -0.39 is 0 Å². The van der Waals surface area contributed by atoms with Gasteiger partial charge < -0.3 is 15.5 Å². The largest absolute Gasteiger partial charge is 0.368 e. The lowest BCUT2D eigenvalue weighted by atomic mass is 9.87. The molecule has 2 N–H and O–H groups in total. The lowest BCUT2D eigenvalue weighted by molar-refractivity contribution is 0.327. The molecule has 0 aromatic carbocycles. The van der Waals surface area contributed by atoms with Crippen molar-refractivity contribution in [2.45, 2.75) is 47.6 Å². The molecule has 6 nitrogen and oxygen atoms in total. The summed E-state index contributed by atoms with van der Waals surface area (Å²) in [5.74, 6) is 1.54. The maximum atomic E-state index is 5.84. The van der Waals surface area contributed by atoms with Gasteiger partial charge in [-0.25, -0.2) is 0 Å². The van der Waals surface area contributed by atoms with Crippen molar-refractivity contribution in [1.82, 2.24) is 15.0 Å². The molecule has 1 heterocycles. The van der Waals surface area contributed by atoms with E-state index in [4.69, 9.17) is 5.73 Å². The Morgan fingerprint density at radius 2 is 1.55 bits per heavy atom. The Morgan fingerprint density at radius 3 is 2.00 bits per heavy atom. The first-order valence-electron chi connectivity index (χ1n) is 7.20. The molecule has 1 rings (SSSR count). The summed E-state index contributed by atoms with van der Waals surface area (Å²) in [6.07, 6.45) is 0. The van der Waals surface area contributed by atoms with Gasteiger partial charge in [0.25, 0.3) is 0 Å². The summed E-state index contributed by atoms with van der Waals surface area (Å²) in [6, 6.07) is 0.286. The van der Waals surface area contributed by atoms with Gasteiger partial charge in [0.15, 0.2) is 0 Å². The molecule has 0 aliphatic rings. The Bertz CT molecular complexity index is 436. The number of hydrogen-bond acceptors (Lipinski definition) is 6. The molecule has 0 spiro atoms. The molecule has 0 saturated heterocycles. The van der Waals surface area contributed by atoms with Crippen LogP contribution in [0.3, 0.4) is 0 Å². The number of nitrogen functional groups attached to an aromatic ring is 1. The van der Waals surface area contributed by atoms with Crippen molar-refractivity contribution in [2.24, 2.45) is 5.41 Å². The summed E-state index contributed by atoms with van der Waals surface area (Å²) in [4.78, 5) is 17.2. The van der Waals surface area contributed by atoms with Gasteiger partial charge in [-0.05, 0) is 26.2 Å². The van der Waals surface area contributed by atoms with Gasteiger partial charge in [-0.15, -0.1) is 0 Å². The predicted molar refractivity (Wildman–Crippen MR) is 85.1 cm³/mol. The molecule has 6 heteroatoms. The van der Waals surface area contributed by atoms with Gasteiger partial charge in [0.1, 0.15) is 0 Å². The smallest absolute Gasteiger partial charge is 0.231 e. The van der Waals surface area contributed by atoms with Gasteiger partial charge in [-0.1, -0.05) is 20.8 Å². The number of anilines is 3. The standard InChI is InChI=1S/C14H28N6/c1-8-20(9-2)13-17-11(15)16-12(18-13)19(7)10(3)14(4,5)6/h10H,8-9H2,1-7H3,(H2,15,16,17,18). The van der Waals surface area contributed by atoms with Crippen molar-refractivity contribution in [2.75, 3.05) is 35.7 Å². The van der Waals surface area contributed by atoms with Crippen LogP contribution in [-0.2, 0) is 0 Å². The third-order valence-corrected chi connectivity index (χ3v) is 3.83. The molecular weight excluding hydrogens is 252 g/mol. The first-order valence-corrected chi connectivity index (χ1v) is 7.20. The van der Waals surface area contributed by atoms with Gasteiger partial charge in [0, 0.05) is 26.2 Å². The fourth-order valence-corrected chi connectivity index (χ4v) is 1.93. The topological polar surface area (TPSA) is 71.2 Å². The summed E-state index contributed by atoms with van der Waals surface area (Å²) >= 11 is 0. The molecule has 20 heavy (non-hydrogen) atoms. The SMILES string of the molecule is CCN(CC)c1nc(N)nc(N(C)C(C)C(C)(C)C)n1. The van der Waals surface area contributed by atoms with E-state index >= 15 is 0 Å². The van der Waals surface area contributed by atoms with E-state index in [1.807, 2.05) is 7.05 Å². The van der Waals surface area contributed by atoms with E-state index in [0.29, 0.717) is 11.9 Å². The molecule has 0 aliphatic carbocycles. The fourth-order valence-electron chi connectivity index (χ4n) is 1.93. The van der Waals surface area contributed by atoms with Crippen LogP contribution in [-0.4, -0.2) is 41.1 Å². The third kappa shape index (κ3) is 3.71. The van der Waals surface area contributed by atoms with Crippen LogP contribution in [0.15, 0.2) is 0 Å². The molecule has 1 unspecified atom stereocenters. The number of hydrogen-bond donors (Lipinski definition) is 1. The molecule has 0 saturated carbocycles. The quantitative estimate of drug-likeness (QED) is 0.891. The van der Waals surface area contributed by atoms with Gasteiger partial charge >= 0.3 is 0 Å². The lowest BCUT2D eigenvalue weighted by Gasteiger charge is -2.35. The highest BCUT2D eigenvalue weighted by Gasteiger charge is 2.26. The minimum Gasteiger partial charge on any atom is -0.368 e. The molecule has 0 amide bonds. The summed E-state index contributed by atoms with van der Waals surface area (Å²) in [5.41, 5.74) is 5.97. The summed E-state index contributed by atoms with van der Waals surface area (Å²) in [7, 11) is 2.00.